The van der Waals surface area contributed by atoms with E-state index in [1.165, 1.54) is 18.2 Å². The van der Waals surface area contributed by atoms with Gasteiger partial charge in [0.1, 0.15) is 0 Å². The van der Waals surface area contributed by atoms with Gasteiger partial charge in [-0.25, -0.2) is 0 Å². The summed E-state index contributed by atoms with van der Waals surface area (Å²) in [6.45, 7) is 4.01. The van der Waals surface area contributed by atoms with Crippen LogP contribution in [0.25, 0.3) is 5.57 Å². The van der Waals surface area contributed by atoms with Crippen LogP contribution in [-0.4, -0.2) is 13.1 Å². The highest BCUT2D eigenvalue weighted by Crippen LogP contribution is 2.33. The largest absolute Gasteiger partial charge is 0.469 e. The maximum atomic E-state index is 11.5. The molecule has 0 aromatic heterocycles. The van der Waals surface area contributed by atoms with Gasteiger partial charge in [-0.2, -0.15) is 0 Å². The van der Waals surface area contributed by atoms with E-state index in [0.717, 1.165) is 12.0 Å². The minimum absolute atomic E-state index is 0.0580. The zero-order chi connectivity index (χ0) is 10.8. The van der Waals surface area contributed by atoms with Crippen LogP contribution in [0.1, 0.15) is 17.5 Å². The van der Waals surface area contributed by atoms with Crippen LogP contribution < -0.4 is 0 Å². The fourth-order valence-corrected chi connectivity index (χ4v) is 2.12. The zero-order valence-corrected chi connectivity index (χ0v) is 8.82. The molecule has 0 amide bonds. The van der Waals surface area contributed by atoms with E-state index in [2.05, 4.69) is 18.7 Å². The van der Waals surface area contributed by atoms with Crippen LogP contribution in [0, 0.1) is 5.92 Å². The molecule has 1 aliphatic rings. The van der Waals surface area contributed by atoms with E-state index in [0.29, 0.717) is 6.42 Å². The summed E-state index contributed by atoms with van der Waals surface area (Å²) in [4.78, 5) is 11.5. The van der Waals surface area contributed by atoms with Gasteiger partial charge >= 0.3 is 5.97 Å². The van der Waals surface area contributed by atoms with Gasteiger partial charge in [-0.1, -0.05) is 30.8 Å². The van der Waals surface area contributed by atoms with Crippen molar-refractivity contribution in [1.82, 2.24) is 0 Å². The predicted molar refractivity (Wildman–Crippen MR) is 59.3 cm³/mol. The number of methoxy groups -OCH3 is 1. The summed E-state index contributed by atoms with van der Waals surface area (Å²) < 4.78 is 4.77. The number of carbonyl (C=O) groups excluding carboxylic acids is 1. The Morgan fingerprint density at radius 3 is 2.87 bits per heavy atom. The molecule has 1 atom stereocenters. The monoisotopic (exact) mass is 202 g/mol. The number of ether oxygens (including phenoxy) is 1. The first-order valence-corrected chi connectivity index (χ1v) is 5.06. The number of hydrogen-bond donors (Lipinski definition) is 0. The summed E-state index contributed by atoms with van der Waals surface area (Å²) >= 11 is 0. The number of carbonyl (C=O) groups is 1. The summed E-state index contributed by atoms with van der Waals surface area (Å²) in [6, 6.07) is 8.11. The Balaban J connectivity index is 2.30. The highest BCUT2D eigenvalue weighted by atomic mass is 16.5. The van der Waals surface area contributed by atoms with Crippen molar-refractivity contribution in [3.05, 3.63) is 42.0 Å². The van der Waals surface area contributed by atoms with Crippen LogP contribution in [0.2, 0.25) is 0 Å². The second-order valence-corrected chi connectivity index (χ2v) is 3.89. The number of esters is 1. The lowest BCUT2D eigenvalue weighted by atomic mass is 9.81. The molecule has 2 heteroatoms. The SMILES string of the molecule is C=C1CC(C(=O)OC)Cc2ccccc21. The fraction of sp³-hybridized carbons (Fsp3) is 0.308. The first-order chi connectivity index (χ1) is 7.22. The molecule has 0 bridgehead atoms. The van der Waals surface area contributed by atoms with E-state index in [-0.39, 0.29) is 11.9 Å². The van der Waals surface area contributed by atoms with Crippen LogP contribution in [-0.2, 0) is 16.0 Å². The third-order valence-electron chi connectivity index (χ3n) is 2.89. The van der Waals surface area contributed by atoms with Crippen LogP contribution >= 0.6 is 0 Å². The molecule has 15 heavy (non-hydrogen) atoms. The quantitative estimate of drug-likeness (QED) is 0.654. The lowest BCUT2D eigenvalue weighted by Crippen LogP contribution is -2.22. The van der Waals surface area contributed by atoms with Crippen molar-refractivity contribution >= 4 is 11.5 Å². The minimum Gasteiger partial charge on any atom is -0.469 e. The second-order valence-electron chi connectivity index (χ2n) is 3.89. The maximum Gasteiger partial charge on any atom is 0.309 e. The molecule has 1 aromatic rings. The van der Waals surface area contributed by atoms with Gasteiger partial charge < -0.3 is 4.74 Å². The maximum absolute atomic E-state index is 11.5. The van der Waals surface area contributed by atoms with Crippen molar-refractivity contribution in [1.29, 1.82) is 0 Å². The summed E-state index contributed by atoms with van der Waals surface area (Å²) in [7, 11) is 1.44. The lowest BCUT2D eigenvalue weighted by molar-refractivity contribution is -0.145. The van der Waals surface area contributed by atoms with Crippen LogP contribution in [0.3, 0.4) is 0 Å². The van der Waals surface area contributed by atoms with E-state index in [1.807, 2.05) is 12.1 Å². The van der Waals surface area contributed by atoms with Gasteiger partial charge in [-0.05, 0) is 29.5 Å². The molecule has 78 valence electrons. The Kier molecular flexibility index (Phi) is 2.58. The summed E-state index contributed by atoms with van der Waals surface area (Å²) in [5.74, 6) is -0.192. The van der Waals surface area contributed by atoms with E-state index in [1.54, 1.807) is 0 Å². The average Bonchev–Trinajstić information content (AvgIpc) is 2.28. The number of hydrogen-bond acceptors (Lipinski definition) is 2. The van der Waals surface area contributed by atoms with Gasteiger partial charge in [0, 0.05) is 0 Å². The van der Waals surface area contributed by atoms with Gasteiger partial charge in [0.15, 0.2) is 0 Å². The Morgan fingerprint density at radius 1 is 1.40 bits per heavy atom. The standard InChI is InChI=1S/C13H14O2/c1-9-7-11(13(14)15-2)8-10-5-3-4-6-12(9)10/h3-6,11H,1,7-8H2,2H3. The van der Waals surface area contributed by atoms with Crippen molar-refractivity contribution in [2.24, 2.45) is 5.92 Å². The summed E-state index contributed by atoms with van der Waals surface area (Å²) in [6.07, 6.45) is 1.48. The Labute approximate surface area is 89.6 Å². The van der Waals surface area contributed by atoms with Crippen LogP contribution in [0.15, 0.2) is 30.8 Å². The van der Waals surface area contributed by atoms with Crippen LogP contribution in [0.5, 0.6) is 0 Å². The zero-order valence-electron chi connectivity index (χ0n) is 8.82. The first kappa shape index (κ1) is 9.97. The van der Waals surface area contributed by atoms with Gasteiger partial charge in [0.05, 0.1) is 13.0 Å². The van der Waals surface area contributed by atoms with Gasteiger partial charge in [-0.3, -0.25) is 4.79 Å². The summed E-state index contributed by atoms with van der Waals surface area (Å²) in [5.41, 5.74) is 3.43. The molecule has 1 unspecified atom stereocenters. The van der Waals surface area contributed by atoms with E-state index in [9.17, 15) is 4.79 Å². The van der Waals surface area contributed by atoms with E-state index in [4.69, 9.17) is 4.74 Å². The fourth-order valence-electron chi connectivity index (χ4n) is 2.12. The highest BCUT2D eigenvalue weighted by molar-refractivity contribution is 5.79. The molecule has 0 saturated carbocycles. The molecule has 1 aliphatic carbocycles. The molecule has 0 fully saturated rings. The third kappa shape index (κ3) is 1.80. The smallest absolute Gasteiger partial charge is 0.309 e. The Bertz CT molecular complexity index is 407. The molecular weight excluding hydrogens is 188 g/mol. The average molecular weight is 202 g/mol. The first-order valence-electron chi connectivity index (χ1n) is 5.06. The van der Waals surface area contributed by atoms with Gasteiger partial charge in [0.25, 0.3) is 0 Å². The number of allylic oxidation sites excluding steroid dienone is 1. The van der Waals surface area contributed by atoms with Crippen molar-refractivity contribution in [2.75, 3.05) is 7.11 Å². The van der Waals surface area contributed by atoms with Crippen molar-refractivity contribution < 1.29 is 9.53 Å². The molecule has 0 spiro atoms. The molecule has 2 rings (SSSR count). The molecule has 0 aliphatic heterocycles. The minimum atomic E-state index is -0.134. The highest BCUT2D eigenvalue weighted by Gasteiger charge is 2.26. The number of fused-ring (bicyclic) bond motifs is 1. The Morgan fingerprint density at radius 2 is 2.13 bits per heavy atom. The molecule has 0 N–H and O–H groups in total. The number of benzene rings is 1. The molecular formula is C13H14O2. The number of rotatable bonds is 1. The molecule has 0 heterocycles. The van der Waals surface area contributed by atoms with Gasteiger partial charge in [0.2, 0.25) is 0 Å². The summed E-state index contributed by atoms with van der Waals surface area (Å²) in [5, 5.41) is 0. The normalized spacial score (nSPS) is 19.5. The van der Waals surface area contributed by atoms with Crippen molar-refractivity contribution in [2.45, 2.75) is 12.8 Å². The van der Waals surface area contributed by atoms with E-state index < -0.39 is 0 Å². The lowest BCUT2D eigenvalue weighted by Gasteiger charge is -2.24. The van der Waals surface area contributed by atoms with Crippen LogP contribution in [0.4, 0.5) is 0 Å². The van der Waals surface area contributed by atoms with Gasteiger partial charge in [-0.15, -0.1) is 0 Å². The third-order valence-corrected chi connectivity index (χ3v) is 2.89. The van der Waals surface area contributed by atoms with Crippen molar-refractivity contribution in [3.8, 4) is 0 Å². The van der Waals surface area contributed by atoms with Crippen molar-refractivity contribution in [3.63, 3.8) is 0 Å². The second kappa shape index (κ2) is 3.89. The Hall–Kier alpha value is -1.57. The molecule has 0 saturated heterocycles. The molecule has 2 nitrogen and oxygen atoms in total. The topological polar surface area (TPSA) is 26.3 Å². The molecule has 0 radical (unpaired) electrons. The molecule has 1 aromatic carbocycles. The predicted octanol–water partition coefficient (Wildman–Crippen LogP) is 2.44. The van der Waals surface area contributed by atoms with E-state index >= 15 is 0 Å².